The molecule has 0 unspecified atom stereocenters. The number of halogens is 1. The van der Waals surface area contributed by atoms with Crippen molar-refractivity contribution in [3.8, 4) is 0 Å². The summed E-state index contributed by atoms with van der Waals surface area (Å²) in [5.41, 5.74) is 2.40. The third-order valence-corrected chi connectivity index (χ3v) is 2.81. The van der Waals surface area contributed by atoms with Crippen LogP contribution in [0.2, 0.25) is 0 Å². The Morgan fingerprint density at radius 3 is 2.94 bits per heavy atom. The van der Waals surface area contributed by atoms with E-state index < -0.39 is 0 Å². The van der Waals surface area contributed by atoms with Gasteiger partial charge in [0.05, 0.1) is 5.69 Å². The molecule has 0 bridgehead atoms. The van der Waals surface area contributed by atoms with Gasteiger partial charge in [0.2, 0.25) is 0 Å². The SMILES string of the molecule is Cc1ccc(CN2CCN[C@H](C)C2)nc1.Cl. The van der Waals surface area contributed by atoms with E-state index in [4.69, 9.17) is 0 Å². The minimum absolute atomic E-state index is 0. The molecule has 2 heterocycles. The van der Waals surface area contributed by atoms with Gasteiger partial charge in [0, 0.05) is 38.4 Å². The Balaban J connectivity index is 0.00000128. The molecule has 1 aliphatic rings. The highest BCUT2D eigenvalue weighted by atomic mass is 35.5. The van der Waals surface area contributed by atoms with Crippen LogP contribution in [0.25, 0.3) is 0 Å². The Labute approximate surface area is 104 Å². The van der Waals surface area contributed by atoms with Gasteiger partial charge in [-0.05, 0) is 25.5 Å². The van der Waals surface area contributed by atoms with Crippen molar-refractivity contribution in [2.24, 2.45) is 0 Å². The van der Waals surface area contributed by atoms with Gasteiger partial charge in [-0.3, -0.25) is 9.88 Å². The third kappa shape index (κ3) is 3.74. The fourth-order valence-electron chi connectivity index (χ4n) is 1.98. The Hall–Kier alpha value is -0.640. The number of pyridine rings is 1. The fraction of sp³-hybridized carbons (Fsp3) is 0.583. The summed E-state index contributed by atoms with van der Waals surface area (Å²) < 4.78 is 0. The molecule has 0 aliphatic carbocycles. The molecule has 0 amide bonds. The van der Waals surface area contributed by atoms with Crippen molar-refractivity contribution < 1.29 is 0 Å². The quantitative estimate of drug-likeness (QED) is 0.853. The van der Waals surface area contributed by atoms with Crippen LogP contribution in [0.4, 0.5) is 0 Å². The van der Waals surface area contributed by atoms with E-state index in [-0.39, 0.29) is 12.4 Å². The van der Waals surface area contributed by atoms with Gasteiger partial charge in [0.15, 0.2) is 0 Å². The average Bonchev–Trinajstić information content (AvgIpc) is 2.22. The molecule has 1 fully saturated rings. The number of rotatable bonds is 2. The molecule has 0 aromatic carbocycles. The van der Waals surface area contributed by atoms with Crippen LogP contribution in [0.3, 0.4) is 0 Å². The zero-order valence-corrected chi connectivity index (χ0v) is 10.8. The first-order valence-electron chi connectivity index (χ1n) is 5.61. The minimum Gasteiger partial charge on any atom is -0.312 e. The van der Waals surface area contributed by atoms with Crippen LogP contribution in [0.1, 0.15) is 18.2 Å². The molecular formula is C12H20ClN3. The maximum absolute atomic E-state index is 4.44. The van der Waals surface area contributed by atoms with Gasteiger partial charge in [-0.25, -0.2) is 0 Å². The van der Waals surface area contributed by atoms with Crippen molar-refractivity contribution in [2.45, 2.75) is 26.4 Å². The topological polar surface area (TPSA) is 28.2 Å². The summed E-state index contributed by atoms with van der Waals surface area (Å²) in [5.74, 6) is 0. The smallest absolute Gasteiger partial charge is 0.0544 e. The number of hydrogen-bond donors (Lipinski definition) is 1. The second-order valence-corrected chi connectivity index (χ2v) is 4.42. The number of nitrogens with one attached hydrogen (secondary N) is 1. The fourth-order valence-corrected chi connectivity index (χ4v) is 1.98. The predicted molar refractivity (Wildman–Crippen MR) is 69.0 cm³/mol. The van der Waals surface area contributed by atoms with Crippen molar-refractivity contribution in [1.82, 2.24) is 15.2 Å². The summed E-state index contributed by atoms with van der Waals surface area (Å²) in [6.45, 7) is 8.62. The van der Waals surface area contributed by atoms with E-state index >= 15 is 0 Å². The van der Waals surface area contributed by atoms with Crippen molar-refractivity contribution in [3.05, 3.63) is 29.6 Å². The lowest BCUT2D eigenvalue weighted by Gasteiger charge is -2.31. The highest BCUT2D eigenvalue weighted by Gasteiger charge is 2.15. The van der Waals surface area contributed by atoms with E-state index in [2.05, 4.69) is 41.2 Å². The highest BCUT2D eigenvalue weighted by molar-refractivity contribution is 5.85. The second kappa shape index (κ2) is 6.18. The molecule has 0 radical (unpaired) electrons. The molecule has 16 heavy (non-hydrogen) atoms. The van der Waals surface area contributed by atoms with Crippen molar-refractivity contribution in [1.29, 1.82) is 0 Å². The molecule has 1 atom stereocenters. The second-order valence-electron chi connectivity index (χ2n) is 4.42. The van der Waals surface area contributed by atoms with E-state index in [1.807, 2.05) is 6.20 Å². The summed E-state index contributed by atoms with van der Waals surface area (Å²) in [6, 6.07) is 4.86. The number of aryl methyl sites for hydroxylation is 1. The molecule has 1 aromatic rings. The van der Waals surface area contributed by atoms with Crippen LogP contribution in [0.15, 0.2) is 18.3 Å². The minimum atomic E-state index is 0. The van der Waals surface area contributed by atoms with Gasteiger partial charge in [0.1, 0.15) is 0 Å². The average molecular weight is 242 g/mol. The van der Waals surface area contributed by atoms with Crippen LogP contribution < -0.4 is 5.32 Å². The highest BCUT2D eigenvalue weighted by Crippen LogP contribution is 2.06. The zero-order valence-electron chi connectivity index (χ0n) is 9.94. The normalized spacial score (nSPS) is 21.5. The number of aromatic nitrogens is 1. The lowest BCUT2D eigenvalue weighted by molar-refractivity contribution is 0.197. The molecule has 2 rings (SSSR count). The summed E-state index contributed by atoms with van der Waals surface area (Å²) >= 11 is 0. The summed E-state index contributed by atoms with van der Waals surface area (Å²) in [6.07, 6.45) is 1.95. The van der Waals surface area contributed by atoms with Crippen LogP contribution in [0.5, 0.6) is 0 Å². The van der Waals surface area contributed by atoms with Crippen molar-refractivity contribution >= 4 is 12.4 Å². The number of piperazine rings is 1. The first kappa shape index (κ1) is 13.4. The molecule has 0 saturated carbocycles. The first-order valence-corrected chi connectivity index (χ1v) is 5.61. The molecule has 0 spiro atoms. The number of hydrogen-bond acceptors (Lipinski definition) is 3. The molecule has 90 valence electrons. The lowest BCUT2D eigenvalue weighted by Crippen LogP contribution is -2.48. The molecule has 1 aromatic heterocycles. The van der Waals surface area contributed by atoms with E-state index in [9.17, 15) is 0 Å². The van der Waals surface area contributed by atoms with Gasteiger partial charge in [-0.15, -0.1) is 12.4 Å². The van der Waals surface area contributed by atoms with Gasteiger partial charge in [0.25, 0.3) is 0 Å². The molecule has 3 nitrogen and oxygen atoms in total. The summed E-state index contributed by atoms with van der Waals surface area (Å²) in [5, 5.41) is 3.44. The zero-order chi connectivity index (χ0) is 10.7. The van der Waals surface area contributed by atoms with E-state index in [0.29, 0.717) is 6.04 Å². The van der Waals surface area contributed by atoms with Gasteiger partial charge in [-0.2, -0.15) is 0 Å². The molecule has 4 heteroatoms. The molecule has 1 N–H and O–H groups in total. The lowest BCUT2D eigenvalue weighted by atomic mass is 10.2. The van der Waals surface area contributed by atoms with E-state index in [1.165, 1.54) is 11.3 Å². The Kier molecular flexibility index (Phi) is 5.19. The monoisotopic (exact) mass is 241 g/mol. The standard InChI is InChI=1S/C12H19N3.ClH/c1-10-3-4-12(14-7-10)9-15-6-5-13-11(2)8-15;/h3-4,7,11,13H,5-6,8-9H2,1-2H3;1H/t11-;/m1./s1. The Bertz CT molecular complexity index is 313. The molecule has 1 aliphatic heterocycles. The van der Waals surface area contributed by atoms with Crippen LogP contribution >= 0.6 is 12.4 Å². The first-order chi connectivity index (χ1) is 7.24. The van der Waals surface area contributed by atoms with Gasteiger partial charge in [-0.1, -0.05) is 6.07 Å². The largest absolute Gasteiger partial charge is 0.312 e. The summed E-state index contributed by atoms with van der Waals surface area (Å²) in [4.78, 5) is 6.89. The van der Waals surface area contributed by atoms with E-state index in [0.717, 1.165) is 26.2 Å². The van der Waals surface area contributed by atoms with E-state index in [1.54, 1.807) is 0 Å². The van der Waals surface area contributed by atoms with Crippen LogP contribution in [-0.2, 0) is 6.54 Å². The maximum Gasteiger partial charge on any atom is 0.0544 e. The van der Waals surface area contributed by atoms with Crippen LogP contribution in [-0.4, -0.2) is 35.6 Å². The Morgan fingerprint density at radius 1 is 1.50 bits per heavy atom. The van der Waals surface area contributed by atoms with Gasteiger partial charge >= 0.3 is 0 Å². The molecular weight excluding hydrogens is 222 g/mol. The molecule has 1 saturated heterocycles. The van der Waals surface area contributed by atoms with Crippen molar-refractivity contribution in [3.63, 3.8) is 0 Å². The van der Waals surface area contributed by atoms with Crippen LogP contribution in [0, 0.1) is 6.92 Å². The maximum atomic E-state index is 4.44. The summed E-state index contributed by atoms with van der Waals surface area (Å²) in [7, 11) is 0. The van der Waals surface area contributed by atoms with Crippen molar-refractivity contribution in [2.75, 3.05) is 19.6 Å². The predicted octanol–water partition coefficient (Wildman–Crippen LogP) is 1.61. The van der Waals surface area contributed by atoms with Gasteiger partial charge < -0.3 is 5.32 Å². The number of nitrogens with zero attached hydrogens (tertiary/aromatic N) is 2. The third-order valence-electron chi connectivity index (χ3n) is 2.81. The Morgan fingerprint density at radius 2 is 2.31 bits per heavy atom.